The van der Waals surface area contributed by atoms with Crippen LogP contribution in [0.3, 0.4) is 0 Å². The molecule has 18 heavy (non-hydrogen) atoms. The summed E-state index contributed by atoms with van der Waals surface area (Å²) in [6.07, 6.45) is 0.373. The molecule has 0 aliphatic heterocycles. The average molecular weight is 286 g/mol. The molecule has 6 heteroatoms. The van der Waals surface area contributed by atoms with Gasteiger partial charge in [-0.2, -0.15) is 0 Å². The molecule has 0 fully saturated rings. The molecule has 0 radical (unpaired) electrons. The second-order valence-corrected chi connectivity index (χ2v) is 6.57. The van der Waals surface area contributed by atoms with E-state index in [4.69, 9.17) is 18.0 Å². The van der Waals surface area contributed by atoms with Crippen molar-refractivity contribution >= 4 is 27.2 Å². The van der Waals surface area contributed by atoms with Crippen LogP contribution in [0.1, 0.15) is 24.5 Å². The monoisotopic (exact) mass is 286 g/mol. The summed E-state index contributed by atoms with van der Waals surface area (Å²) in [7, 11) is -3.50. The van der Waals surface area contributed by atoms with Crippen molar-refractivity contribution in [3.05, 3.63) is 35.4 Å². The molecular formula is C12H18N2O2S2. The molecule has 0 aromatic heterocycles. The Morgan fingerprint density at radius 2 is 2.17 bits per heavy atom. The normalized spacial score (nSPS) is 13.2. The van der Waals surface area contributed by atoms with Gasteiger partial charge in [-0.05, 0) is 18.9 Å². The zero-order valence-electron chi connectivity index (χ0n) is 10.5. The summed E-state index contributed by atoms with van der Waals surface area (Å²) in [5.41, 5.74) is 7.44. The van der Waals surface area contributed by atoms with E-state index in [1.165, 1.54) is 0 Å². The van der Waals surface area contributed by atoms with Crippen LogP contribution in [0.5, 0.6) is 0 Å². The third kappa shape index (κ3) is 4.04. The predicted octanol–water partition coefficient (Wildman–Crippen LogP) is 1.48. The van der Waals surface area contributed by atoms with Crippen molar-refractivity contribution in [1.29, 1.82) is 0 Å². The number of rotatable bonds is 6. The number of hydrogen-bond acceptors (Lipinski definition) is 3. The van der Waals surface area contributed by atoms with Crippen LogP contribution in [-0.2, 0) is 16.6 Å². The molecule has 1 aromatic carbocycles. The first-order valence-corrected chi connectivity index (χ1v) is 7.65. The summed E-state index contributed by atoms with van der Waals surface area (Å²) in [6, 6.07) is 7.66. The first kappa shape index (κ1) is 15.1. The molecule has 0 spiro atoms. The maximum atomic E-state index is 12.0. The van der Waals surface area contributed by atoms with Crippen molar-refractivity contribution in [3.63, 3.8) is 0 Å². The minimum atomic E-state index is -3.50. The van der Waals surface area contributed by atoms with Gasteiger partial charge in [-0.1, -0.05) is 49.0 Å². The number of nitrogens with one attached hydrogen (secondary N) is 1. The molecule has 0 saturated carbocycles. The fourth-order valence-corrected chi connectivity index (χ4v) is 3.54. The molecular weight excluding hydrogens is 268 g/mol. The van der Waals surface area contributed by atoms with E-state index in [1.54, 1.807) is 6.92 Å². The van der Waals surface area contributed by atoms with Crippen LogP contribution >= 0.6 is 12.2 Å². The first-order chi connectivity index (χ1) is 8.36. The Kier molecular flexibility index (Phi) is 5.25. The molecule has 100 valence electrons. The molecule has 1 unspecified atom stereocenters. The van der Waals surface area contributed by atoms with Gasteiger partial charge in [-0.25, -0.2) is 13.1 Å². The Labute approximate surface area is 114 Å². The van der Waals surface area contributed by atoms with Crippen molar-refractivity contribution in [1.82, 2.24) is 4.72 Å². The van der Waals surface area contributed by atoms with Gasteiger partial charge >= 0.3 is 0 Å². The topological polar surface area (TPSA) is 72.2 Å². The van der Waals surface area contributed by atoms with Gasteiger partial charge in [-0.3, -0.25) is 0 Å². The summed E-state index contributed by atoms with van der Waals surface area (Å²) in [4.78, 5) is 0.00856. The summed E-state index contributed by atoms with van der Waals surface area (Å²) >= 11 is 4.77. The van der Waals surface area contributed by atoms with Crippen molar-refractivity contribution in [2.75, 3.05) is 0 Å². The van der Waals surface area contributed by atoms with E-state index in [9.17, 15) is 8.42 Å². The number of benzene rings is 1. The minimum Gasteiger partial charge on any atom is -0.392 e. The highest BCUT2D eigenvalue weighted by Gasteiger charge is 2.25. The quantitative estimate of drug-likeness (QED) is 0.777. The van der Waals surface area contributed by atoms with Gasteiger partial charge in [0.1, 0.15) is 5.25 Å². The largest absolute Gasteiger partial charge is 0.392 e. The summed E-state index contributed by atoms with van der Waals surface area (Å²) < 4.78 is 26.5. The molecule has 0 amide bonds. The number of sulfonamides is 1. The van der Waals surface area contributed by atoms with Crippen LogP contribution in [-0.4, -0.2) is 18.7 Å². The van der Waals surface area contributed by atoms with E-state index in [2.05, 4.69) is 4.72 Å². The highest BCUT2D eigenvalue weighted by molar-refractivity contribution is 7.93. The lowest BCUT2D eigenvalue weighted by atomic mass is 10.1. The van der Waals surface area contributed by atoms with Crippen molar-refractivity contribution in [2.45, 2.75) is 32.1 Å². The lowest BCUT2D eigenvalue weighted by molar-refractivity contribution is 0.574. The van der Waals surface area contributed by atoms with Gasteiger partial charge in [0.2, 0.25) is 10.0 Å². The number of aryl methyl sites for hydroxylation is 1. The second kappa shape index (κ2) is 6.26. The fourth-order valence-electron chi connectivity index (χ4n) is 1.68. The lowest BCUT2D eigenvalue weighted by Crippen LogP contribution is -2.41. The van der Waals surface area contributed by atoms with E-state index < -0.39 is 15.3 Å². The van der Waals surface area contributed by atoms with Crippen LogP contribution in [0.15, 0.2) is 24.3 Å². The molecule has 4 nitrogen and oxygen atoms in total. The molecule has 3 N–H and O–H groups in total. The third-order valence-electron chi connectivity index (χ3n) is 2.62. The fraction of sp³-hybridized carbons (Fsp3) is 0.417. The molecule has 1 rings (SSSR count). The number of nitrogens with two attached hydrogens (primary N) is 1. The van der Waals surface area contributed by atoms with Crippen molar-refractivity contribution in [3.8, 4) is 0 Å². The second-order valence-electron chi connectivity index (χ2n) is 4.15. The van der Waals surface area contributed by atoms with Crippen LogP contribution < -0.4 is 10.5 Å². The first-order valence-electron chi connectivity index (χ1n) is 5.70. The molecule has 0 aliphatic rings. The standard InChI is InChI=1S/C12H18N2O2S2/c1-3-11(12(13)17)18(15,16)14-8-10-6-4-5-9(2)7-10/h4-7,11,14H,3,8H2,1-2H3,(H2,13,17). The van der Waals surface area contributed by atoms with E-state index in [-0.39, 0.29) is 11.5 Å². The van der Waals surface area contributed by atoms with Gasteiger partial charge < -0.3 is 5.73 Å². The highest BCUT2D eigenvalue weighted by atomic mass is 32.2. The molecule has 0 heterocycles. The van der Waals surface area contributed by atoms with Crippen molar-refractivity contribution in [2.24, 2.45) is 5.73 Å². The molecule has 0 bridgehead atoms. The summed E-state index contributed by atoms with van der Waals surface area (Å²) in [5.74, 6) is 0. The molecule has 1 aromatic rings. The Morgan fingerprint density at radius 1 is 1.50 bits per heavy atom. The SMILES string of the molecule is CCC(C(N)=S)S(=O)(=O)NCc1cccc(C)c1. The predicted molar refractivity (Wildman–Crippen MR) is 77.8 cm³/mol. The van der Waals surface area contributed by atoms with Gasteiger partial charge in [-0.15, -0.1) is 0 Å². The zero-order chi connectivity index (χ0) is 13.8. The van der Waals surface area contributed by atoms with E-state index >= 15 is 0 Å². The van der Waals surface area contributed by atoms with Crippen LogP contribution in [0.4, 0.5) is 0 Å². The Morgan fingerprint density at radius 3 is 2.67 bits per heavy atom. The van der Waals surface area contributed by atoms with Gasteiger partial charge in [0.25, 0.3) is 0 Å². The Balaban J connectivity index is 2.76. The molecule has 0 aliphatic carbocycles. The van der Waals surface area contributed by atoms with E-state index in [0.717, 1.165) is 11.1 Å². The molecule has 1 atom stereocenters. The van der Waals surface area contributed by atoms with Crippen LogP contribution in [0.2, 0.25) is 0 Å². The maximum Gasteiger partial charge on any atom is 0.221 e. The van der Waals surface area contributed by atoms with E-state index in [0.29, 0.717) is 6.42 Å². The zero-order valence-corrected chi connectivity index (χ0v) is 12.1. The van der Waals surface area contributed by atoms with E-state index in [1.807, 2.05) is 31.2 Å². The highest BCUT2D eigenvalue weighted by Crippen LogP contribution is 2.08. The number of hydrogen-bond donors (Lipinski definition) is 2. The Hall–Kier alpha value is -0.980. The minimum absolute atomic E-state index is 0.00856. The molecule has 0 saturated heterocycles. The van der Waals surface area contributed by atoms with Gasteiger partial charge in [0, 0.05) is 6.54 Å². The van der Waals surface area contributed by atoms with Gasteiger partial charge in [0.05, 0.1) is 4.99 Å². The summed E-state index contributed by atoms with van der Waals surface area (Å²) in [5, 5.41) is -0.808. The third-order valence-corrected chi connectivity index (χ3v) is 4.94. The van der Waals surface area contributed by atoms with Crippen LogP contribution in [0, 0.1) is 6.92 Å². The Bertz CT molecular complexity index is 527. The summed E-state index contributed by atoms with van der Waals surface area (Å²) in [6.45, 7) is 3.96. The van der Waals surface area contributed by atoms with Crippen molar-refractivity contribution < 1.29 is 8.42 Å². The van der Waals surface area contributed by atoms with Crippen LogP contribution in [0.25, 0.3) is 0 Å². The maximum absolute atomic E-state index is 12.0. The average Bonchev–Trinajstić information content (AvgIpc) is 2.26. The van der Waals surface area contributed by atoms with Gasteiger partial charge in [0.15, 0.2) is 0 Å². The lowest BCUT2D eigenvalue weighted by Gasteiger charge is -2.15. The number of thiocarbonyl (C=S) groups is 1. The smallest absolute Gasteiger partial charge is 0.221 e.